The number of aromatic nitrogens is 1. The second kappa shape index (κ2) is 5.75. The van der Waals surface area contributed by atoms with Gasteiger partial charge in [0.1, 0.15) is 0 Å². The van der Waals surface area contributed by atoms with E-state index < -0.39 is 0 Å². The van der Waals surface area contributed by atoms with Gasteiger partial charge in [-0.05, 0) is 47.8 Å². The van der Waals surface area contributed by atoms with Crippen molar-refractivity contribution in [2.45, 2.75) is 6.54 Å². The number of hydrogen-bond acceptors (Lipinski definition) is 2. The zero-order chi connectivity index (χ0) is 13.8. The molecule has 0 unspecified atom stereocenters. The molecule has 0 aliphatic heterocycles. The Bertz CT molecular complexity index is 670. The molecular weight excluding hydrogens is 268 g/mol. The second-order valence-electron chi connectivity index (χ2n) is 4.40. The van der Waals surface area contributed by atoms with Gasteiger partial charge in [0, 0.05) is 28.5 Å². The molecule has 0 aliphatic rings. The third kappa shape index (κ3) is 2.81. The highest BCUT2D eigenvalue weighted by Crippen LogP contribution is 2.11. The summed E-state index contributed by atoms with van der Waals surface area (Å²) in [6.45, 7) is 0.579. The van der Waals surface area contributed by atoms with E-state index in [1.165, 1.54) is 0 Å². The van der Waals surface area contributed by atoms with Crippen LogP contribution in [0.15, 0.2) is 66.3 Å². The van der Waals surface area contributed by atoms with Crippen molar-refractivity contribution in [1.29, 1.82) is 0 Å². The number of benzene rings is 1. The van der Waals surface area contributed by atoms with Crippen molar-refractivity contribution < 1.29 is 4.79 Å². The van der Waals surface area contributed by atoms with E-state index in [1.807, 2.05) is 70.9 Å². The normalized spacial score (nSPS) is 10.4. The van der Waals surface area contributed by atoms with Crippen molar-refractivity contribution in [1.82, 2.24) is 9.88 Å². The Balaban J connectivity index is 1.66. The highest BCUT2D eigenvalue weighted by molar-refractivity contribution is 7.09. The van der Waals surface area contributed by atoms with Crippen LogP contribution in [0, 0.1) is 0 Å². The quantitative estimate of drug-likeness (QED) is 0.781. The Hall–Kier alpha value is -2.33. The van der Waals surface area contributed by atoms with E-state index in [4.69, 9.17) is 0 Å². The molecule has 3 aromatic rings. The molecule has 0 saturated heterocycles. The van der Waals surface area contributed by atoms with Crippen LogP contribution in [0.3, 0.4) is 0 Å². The second-order valence-corrected chi connectivity index (χ2v) is 5.43. The van der Waals surface area contributed by atoms with E-state index in [-0.39, 0.29) is 5.91 Å². The van der Waals surface area contributed by atoms with Gasteiger partial charge in [0.25, 0.3) is 5.91 Å². The number of carbonyl (C=O) groups excluding carboxylic acids is 1. The van der Waals surface area contributed by atoms with E-state index in [0.29, 0.717) is 12.1 Å². The average Bonchev–Trinajstić information content (AvgIpc) is 3.18. The Morgan fingerprint density at radius 1 is 1.05 bits per heavy atom. The van der Waals surface area contributed by atoms with Crippen LogP contribution in [-0.4, -0.2) is 10.5 Å². The number of nitrogens with one attached hydrogen (secondary N) is 1. The maximum Gasteiger partial charge on any atom is 0.251 e. The highest BCUT2D eigenvalue weighted by Gasteiger charge is 2.05. The van der Waals surface area contributed by atoms with Gasteiger partial charge in [0.2, 0.25) is 0 Å². The Labute approximate surface area is 121 Å². The number of rotatable bonds is 4. The summed E-state index contributed by atoms with van der Waals surface area (Å²) in [6, 6.07) is 15.5. The zero-order valence-corrected chi connectivity index (χ0v) is 11.6. The molecule has 1 aromatic carbocycles. The lowest BCUT2D eigenvalue weighted by Crippen LogP contribution is -2.22. The van der Waals surface area contributed by atoms with Crippen LogP contribution in [0.25, 0.3) is 5.69 Å². The Kier molecular flexibility index (Phi) is 3.65. The maximum absolute atomic E-state index is 12.0. The average molecular weight is 282 g/mol. The Morgan fingerprint density at radius 3 is 2.45 bits per heavy atom. The lowest BCUT2D eigenvalue weighted by molar-refractivity contribution is 0.0951. The van der Waals surface area contributed by atoms with E-state index >= 15 is 0 Å². The molecular formula is C16H14N2OS. The molecule has 0 aliphatic carbocycles. The third-order valence-electron chi connectivity index (χ3n) is 3.04. The van der Waals surface area contributed by atoms with E-state index in [9.17, 15) is 4.79 Å². The minimum Gasteiger partial charge on any atom is -0.347 e. The molecule has 2 aromatic heterocycles. The fourth-order valence-corrected chi connectivity index (χ4v) is 2.62. The maximum atomic E-state index is 12.0. The first-order chi connectivity index (χ1) is 9.83. The predicted octanol–water partition coefficient (Wildman–Crippen LogP) is 3.47. The summed E-state index contributed by atoms with van der Waals surface area (Å²) in [5.41, 5.74) is 1.72. The van der Waals surface area contributed by atoms with Crippen molar-refractivity contribution in [3.05, 3.63) is 76.7 Å². The van der Waals surface area contributed by atoms with Crippen LogP contribution in [0.5, 0.6) is 0 Å². The molecule has 0 radical (unpaired) electrons. The lowest BCUT2D eigenvalue weighted by atomic mass is 10.2. The minimum atomic E-state index is -0.0440. The molecule has 0 spiro atoms. The molecule has 3 nitrogen and oxygen atoms in total. The third-order valence-corrected chi connectivity index (χ3v) is 3.91. The molecule has 0 fully saturated rings. The lowest BCUT2D eigenvalue weighted by Gasteiger charge is -2.06. The van der Waals surface area contributed by atoms with Gasteiger partial charge in [-0.15, -0.1) is 11.3 Å². The molecule has 0 atom stereocenters. The fourth-order valence-electron chi connectivity index (χ4n) is 1.97. The van der Waals surface area contributed by atoms with Gasteiger partial charge < -0.3 is 9.88 Å². The molecule has 3 rings (SSSR count). The molecule has 100 valence electrons. The van der Waals surface area contributed by atoms with Gasteiger partial charge in [-0.1, -0.05) is 6.07 Å². The first-order valence-electron chi connectivity index (χ1n) is 6.37. The van der Waals surface area contributed by atoms with Crippen LogP contribution >= 0.6 is 11.3 Å². The smallest absolute Gasteiger partial charge is 0.251 e. The van der Waals surface area contributed by atoms with Gasteiger partial charge in [-0.3, -0.25) is 4.79 Å². The molecule has 4 heteroatoms. The topological polar surface area (TPSA) is 34.0 Å². The van der Waals surface area contributed by atoms with Crippen molar-refractivity contribution in [3.63, 3.8) is 0 Å². The summed E-state index contributed by atoms with van der Waals surface area (Å²) in [4.78, 5) is 13.2. The first-order valence-corrected chi connectivity index (χ1v) is 7.25. The van der Waals surface area contributed by atoms with Crippen LogP contribution in [0.1, 0.15) is 15.2 Å². The standard InChI is InChI=1S/C16H14N2OS/c19-16(17-12-15-4-3-11-20-15)13-5-7-14(8-6-13)18-9-1-2-10-18/h1-11H,12H2,(H,17,19). The van der Waals surface area contributed by atoms with E-state index in [1.54, 1.807) is 11.3 Å². The van der Waals surface area contributed by atoms with Crippen LogP contribution in [-0.2, 0) is 6.54 Å². The van der Waals surface area contributed by atoms with Gasteiger partial charge >= 0.3 is 0 Å². The summed E-state index contributed by atoms with van der Waals surface area (Å²) in [7, 11) is 0. The summed E-state index contributed by atoms with van der Waals surface area (Å²) in [6.07, 6.45) is 3.96. The molecule has 2 heterocycles. The van der Waals surface area contributed by atoms with E-state index in [0.717, 1.165) is 10.6 Å². The van der Waals surface area contributed by atoms with Crippen LogP contribution < -0.4 is 5.32 Å². The summed E-state index contributed by atoms with van der Waals surface area (Å²) in [5, 5.41) is 4.93. The van der Waals surface area contributed by atoms with Gasteiger partial charge in [0.05, 0.1) is 6.54 Å². The van der Waals surface area contributed by atoms with Crippen molar-refractivity contribution in [2.24, 2.45) is 0 Å². The van der Waals surface area contributed by atoms with Crippen molar-refractivity contribution in [3.8, 4) is 5.69 Å². The number of hydrogen-bond donors (Lipinski definition) is 1. The minimum absolute atomic E-state index is 0.0440. The van der Waals surface area contributed by atoms with Crippen LogP contribution in [0.2, 0.25) is 0 Å². The van der Waals surface area contributed by atoms with Gasteiger partial charge in [0.15, 0.2) is 0 Å². The summed E-state index contributed by atoms with van der Waals surface area (Å²) >= 11 is 1.64. The molecule has 0 bridgehead atoms. The molecule has 1 amide bonds. The Morgan fingerprint density at radius 2 is 1.80 bits per heavy atom. The molecule has 0 saturated carbocycles. The summed E-state index contributed by atoms with van der Waals surface area (Å²) < 4.78 is 2.01. The monoisotopic (exact) mass is 282 g/mol. The first kappa shape index (κ1) is 12.7. The zero-order valence-electron chi connectivity index (χ0n) is 10.8. The predicted molar refractivity (Wildman–Crippen MR) is 81.3 cm³/mol. The van der Waals surface area contributed by atoms with Gasteiger partial charge in [-0.2, -0.15) is 0 Å². The molecule has 1 N–H and O–H groups in total. The number of thiophene rings is 1. The van der Waals surface area contributed by atoms with Crippen LogP contribution in [0.4, 0.5) is 0 Å². The SMILES string of the molecule is O=C(NCc1cccs1)c1ccc(-n2cccc2)cc1. The number of carbonyl (C=O) groups is 1. The fraction of sp³-hybridized carbons (Fsp3) is 0.0625. The largest absolute Gasteiger partial charge is 0.347 e. The van der Waals surface area contributed by atoms with Crippen molar-refractivity contribution in [2.75, 3.05) is 0 Å². The van der Waals surface area contributed by atoms with E-state index in [2.05, 4.69) is 5.32 Å². The number of amides is 1. The van der Waals surface area contributed by atoms with Gasteiger partial charge in [-0.25, -0.2) is 0 Å². The molecule has 20 heavy (non-hydrogen) atoms. The number of nitrogens with zero attached hydrogens (tertiary/aromatic N) is 1. The summed E-state index contributed by atoms with van der Waals surface area (Å²) in [5.74, 6) is -0.0440. The highest BCUT2D eigenvalue weighted by atomic mass is 32.1. The van der Waals surface area contributed by atoms with Crippen molar-refractivity contribution >= 4 is 17.2 Å².